The van der Waals surface area contributed by atoms with Crippen molar-refractivity contribution in [1.29, 1.82) is 0 Å². The van der Waals surface area contributed by atoms with Crippen LogP contribution in [0.1, 0.15) is 25.6 Å². The SMILES string of the molecule is CC(C)n1ccc(CS(N)(=O)=O)n1. The molecule has 0 aliphatic carbocycles. The molecule has 5 nitrogen and oxygen atoms in total. The molecular formula is C7H13N3O2S. The van der Waals surface area contributed by atoms with Crippen LogP contribution in [0.4, 0.5) is 0 Å². The predicted octanol–water partition coefficient (Wildman–Crippen LogP) is 0.253. The lowest BCUT2D eigenvalue weighted by Crippen LogP contribution is -2.15. The Kier molecular flexibility index (Phi) is 2.72. The van der Waals surface area contributed by atoms with Crippen LogP contribution in [0.5, 0.6) is 0 Å². The summed E-state index contributed by atoms with van der Waals surface area (Å²) in [5, 5.41) is 8.93. The number of hydrogen-bond acceptors (Lipinski definition) is 3. The van der Waals surface area contributed by atoms with Crippen LogP contribution < -0.4 is 5.14 Å². The summed E-state index contributed by atoms with van der Waals surface area (Å²) in [7, 11) is -3.47. The number of nitrogens with zero attached hydrogens (tertiary/aromatic N) is 2. The molecule has 1 aromatic heterocycles. The summed E-state index contributed by atoms with van der Waals surface area (Å²) in [4.78, 5) is 0. The fourth-order valence-corrected chi connectivity index (χ4v) is 1.51. The van der Waals surface area contributed by atoms with Gasteiger partial charge in [0.15, 0.2) is 0 Å². The molecular weight excluding hydrogens is 190 g/mol. The van der Waals surface area contributed by atoms with E-state index in [2.05, 4.69) is 5.10 Å². The third kappa shape index (κ3) is 3.16. The Bertz CT molecular complexity index is 380. The first kappa shape index (κ1) is 10.2. The van der Waals surface area contributed by atoms with Crippen LogP contribution >= 0.6 is 0 Å². The van der Waals surface area contributed by atoms with E-state index < -0.39 is 10.0 Å². The molecule has 2 N–H and O–H groups in total. The molecule has 0 aliphatic rings. The average Bonchev–Trinajstić information content (AvgIpc) is 2.31. The van der Waals surface area contributed by atoms with Gasteiger partial charge < -0.3 is 0 Å². The minimum atomic E-state index is -3.47. The molecule has 0 bridgehead atoms. The fourth-order valence-electron chi connectivity index (χ4n) is 0.948. The zero-order valence-corrected chi connectivity index (χ0v) is 8.45. The van der Waals surface area contributed by atoms with Crippen LogP contribution in [0.25, 0.3) is 0 Å². The molecule has 0 atom stereocenters. The largest absolute Gasteiger partial charge is 0.270 e. The van der Waals surface area contributed by atoms with Gasteiger partial charge in [0.25, 0.3) is 0 Å². The zero-order valence-electron chi connectivity index (χ0n) is 7.64. The predicted molar refractivity (Wildman–Crippen MR) is 49.4 cm³/mol. The van der Waals surface area contributed by atoms with Crippen LogP contribution in [-0.4, -0.2) is 18.2 Å². The third-order valence-electron chi connectivity index (χ3n) is 1.54. The lowest BCUT2D eigenvalue weighted by molar-refractivity contribution is 0.527. The molecule has 0 radical (unpaired) electrons. The first-order chi connectivity index (χ1) is 5.88. The van der Waals surface area contributed by atoms with Crippen LogP contribution in [-0.2, 0) is 15.8 Å². The standard InChI is InChI=1S/C7H13N3O2S/c1-6(2)10-4-3-7(9-10)5-13(8,11)12/h3-4,6H,5H2,1-2H3,(H2,8,11,12). The van der Waals surface area contributed by atoms with E-state index in [1.165, 1.54) is 0 Å². The Hall–Kier alpha value is -0.880. The van der Waals surface area contributed by atoms with Crippen LogP contribution in [0, 0.1) is 0 Å². The van der Waals surface area contributed by atoms with Gasteiger partial charge in [0, 0.05) is 12.2 Å². The van der Waals surface area contributed by atoms with Gasteiger partial charge >= 0.3 is 0 Å². The highest BCUT2D eigenvalue weighted by Gasteiger charge is 2.08. The van der Waals surface area contributed by atoms with Gasteiger partial charge in [0.1, 0.15) is 5.75 Å². The van der Waals surface area contributed by atoms with E-state index >= 15 is 0 Å². The molecule has 1 rings (SSSR count). The minimum absolute atomic E-state index is 0.202. The minimum Gasteiger partial charge on any atom is -0.270 e. The third-order valence-corrected chi connectivity index (χ3v) is 2.24. The van der Waals surface area contributed by atoms with Gasteiger partial charge in [-0.25, -0.2) is 13.6 Å². The van der Waals surface area contributed by atoms with Crippen molar-refractivity contribution < 1.29 is 8.42 Å². The average molecular weight is 203 g/mol. The summed E-state index contributed by atoms with van der Waals surface area (Å²) in [5.74, 6) is -0.202. The summed E-state index contributed by atoms with van der Waals surface area (Å²) in [6.45, 7) is 3.93. The van der Waals surface area contributed by atoms with E-state index in [1.807, 2.05) is 13.8 Å². The van der Waals surface area contributed by atoms with E-state index in [4.69, 9.17) is 5.14 Å². The molecule has 0 fully saturated rings. The van der Waals surface area contributed by atoms with Gasteiger partial charge in [-0.2, -0.15) is 5.10 Å². The number of aromatic nitrogens is 2. The zero-order chi connectivity index (χ0) is 10.1. The number of nitrogens with two attached hydrogens (primary N) is 1. The first-order valence-corrected chi connectivity index (χ1v) is 5.64. The normalized spacial score (nSPS) is 12.3. The Labute approximate surface area is 77.6 Å². The van der Waals surface area contributed by atoms with Crippen LogP contribution in [0.3, 0.4) is 0 Å². The number of primary sulfonamides is 1. The highest BCUT2D eigenvalue weighted by atomic mass is 32.2. The summed E-state index contributed by atoms with van der Waals surface area (Å²) in [6.07, 6.45) is 1.74. The van der Waals surface area contributed by atoms with Crippen molar-refractivity contribution >= 4 is 10.0 Å². The van der Waals surface area contributed by atoms with Gasteiger partial charge in [0.2, 0.25) is 10.0 Å². The van der Waals surface area contributed by atoms with E-state index in [-0.39, 0.29) is 11.8 Å². The monoisotopic (exact) mass is 203 g/mol. The second-order valence-electron chi connectivity index (χ2n) is 3.19. The molecule has 1 aromatic rings. The Balaban J connectivity index is 2.81. The van der Waals surface area contributed by atoms with E-state index in [9.17, 15) is 8.42 Å². The van der Waals surface area contributed by atoms with Gasteiger partial charge in [-0.05, 0) is 19.9 Å². The van der Waals surface area contributed by atoms with Crippen molar-refractivity contribution in [3.63, 3.8) is 0 Å². The van der Waals surface area contributed by atoms with Crippen molar-refractivity contribution in [1.82, 2.24) is 9.78 Å². The molecule has 0 amide bonds. The molecule has 0 aromatic carbocycles. The lowest BCUT2D eigenvalue weighted by atomic mass is 10.4. The van der Waals surface area contributed by atoms with Crippen molar-refractivity contribution in [2.45, 2.75) is 25.6 Å². The van der Waals surface area contributed by atoms with Gasteiger partial charge in [-0.3, -0.25) is 4.68 Å². The molecule has 6 heteroatoms. The molecule has 0 aliphatic heterocycles. The number of hydrogen-bond donors (Lipinski definition) is 1. The summed E-state index contributed by atoms with van der Waals surface area (Å²) < 4.78 is 23.1. The maximum atomic E-state index is 10.7. The molecule has 0 spiro atoms. The fraction of sp³-hybridized carbons (Fsp3) is 0.571. The van der Waals surface area contributed by atoms with E-state index in [0.717, 1.165) is 0 Å². The highest BCUT2D eigenvalue weighted by molar-refractivity contribution is 7.88. The Morgan fingerprint density at radius 3 is 2.62 bits per heavy atom. The van der Waals surface area contributed by atoms with Crippen molar-refractivity contribution in [2.24, 2.45) is 5.14 Å². The lowest BCUT2D eigenvalue weighted by Gasteiger charge is -2.03. The Morgan fingerprint density at radius 1 is 1.62 bits per heavy atom. The van der Waals surface area contributed by atoms with Gasteiger partial charge in [0.05, 0.1) is 5.69 Å². The van der Waals surface area contributed by atoms with Gasteiger partial charge in [-0.1, -0.05) is 0 Å². The highest BCUT2D eigenvalue weighted by Crippen LogP contribution is 2.05. The molecule has 0 saturated heterocycles. The maximum absolute atomic E-state index is 10.7. The van der Waals surface area contributed by atoms with Crippen LogP contribution in [0.15, 0.2) is 12.3 Å². The second kappa shape index (κ2) is 3.47. The summed E-state index contributed by atoms with van der Waals surface area (Å²) in [6, 6.07) is 1.89. The van der Waals surface area contributed by atoms with Crippen LogP contribution in [0.2, 0.25) is 0 Å². The first-order valence-electron chi connectivity index (χ1n) is 3.93. The maximum Gasteiger partial charge on any atom is 0.214 e. The summed E-state index contributed by atoms with van der Waals surface area (Å²) in [5.41, 5.74) is 0.483. The summed E-state index contributed by atoms with van der Waals surface area (Å²) >= 11 is 0. The number of sulfonamides is 1. The molecule has 1 heterocycles. The van der Waals surface area contributed by atoms with Gasteiger partial charge in [-0.15, -0.1) is 0 Å². The molecule has 0 saturated carbocycles. The Morgan fingerprint density at radius 2 is 2.23 bits per heavy atom. The quantitative estimate of drug-likeness (QED) is 0.765. The molecule has 0 unspecified atom stereocenters. The number of rotatable bonds is 3. The smallest absolute Gasteiger partial charge is 0.214 e. The molecule has 74 valence electrons. The van der Waals surface area contributed by atoms with Crippen molar-refractivity contribution in [2.75, 3.05) is 0 Å². The van der Waals surface area contributed by atoms with E-state index in [1.54, 1.807) is 16.9 Å². The van der Waals surface area contributed by atoms with Crippen molar-refractivity contribution in [3.8, 4) is 0 Å². The van der Waals surface area contributed by atoms with Crippen molar-refractivity contribution in [3.05, 3.63) is 18.0 Å². The second-order valence-corrected chi connectivity index (χ2v) is 4.80. The topological polar surface area (TPSA) is 78.0 Å². The molecule has 13 heavy (non-hydrogen) atoms. The van der Waals surface area contributed by atoms with E-state index in [0.29, 0.717) is 5.69 Å².